The van der Waals surface area contributed by atoms with Gasteiger partial charge in [-0.3, -0.25) is 4.98 Å². The van der Waals surface area contributed by atoms with Crippen molar-refractivity contribution in [1.29, 1.82) is 0 Å². The fourth-order valence-corrected chi connectivity index (χ4v) is 5.53. The van der Waals surface area contributed by atoms with Gasteiger partial charge >= 0.3 is 0 Å². The van der Waals surface area contributed by atoms with Gasteiger partial charge in [0.2, 0.25) is 0 Å². The van der Waals surface area contributed by atoms with Crippen LogP contribution in [0.2, 0.25) is 0 Å². The predicted octanol–water partition coefficient (Wildman–Crippen LogP) is 6.04. The molecule has 0 amide bonds. The van der Waals surface area contributed by atoms with Crippen molar-refractivity contribution >= 4 is 28.0 Å². The number of hydrogen-bond donors (Lipinski definition) is 3. The van der Waals surface area contributed by atoms with Gasteiger partial charge in [-0.2, -0.15) is 0 Å². The third-order valence-electron chi connectivity index (χ3n) is 7.65. The normalized spacial score (nSPS) is 20.8. The van der Waals surface area contributed by atoms with Crippen molar-refractivity contribution in [2.24, 2.45) is 0 Å². The van der Waals surface area contributed by atoms with Gasteiger partial charge in [0.25, 0.3) is 0 Å². The van der Waals surface area contributed by atoms with Crippen molar-refractivity contribution in [2.75, 3.05) is 23.3 Å². The molecule has 1 aliphatic heterocycles. The highest BCUT2D eigenvalue weighted by Crippen LogP contribution is 2.43. The number of rotatable bonds is 6. The van der Waals surface area contributed by atoms with Crippen molar-refractivity contribution in [2.45, 2.75) is 51.2 Å². The summed E-state index contributed by atoms with van der Waals surface area (Å²) in [5.74, 6) is 0.246. The molecule has 3 heterocycles. The van der Waals surface area contributed by atoms with Crippen molar-refractivity contribution in [3.05, 3.63) is 77.5 Å². The molecule has 2 aromatic carbocycles. The van der Waals surface area contributed by atoms with Gasteiger partial charge in [0.1, 0.15) is 17.0 Å². The number of H-pyrrole nitrogens is 1. The lowest BCUT2D eigenvalue weighted by Gasteiger charge is -2.42. The molecule has 0 spiro atoms. The molecule has 186 valence electrons. The average molecular weight is 487 g/mol. The minimum Gasteiger partial charge on any atom is -0.483 e. The molecule has 0 radical (unpaired) electrons. The van der Waals surface area contributed by atoms with Crippen LogP contribution in [0.1, 0.15) is 49.6 Å². The minimum atomic E-state index is -0.540. The molecule has 0 saturated carbocycles. The summed E-state index contributed by atoms with van der Waals surface area (Å²) in [4.78, 5) is 9.80. The smallest absolute Gasteiger partial charge is 0.152 e. The van der Waals surface area contributed by atoms with E-state index < -0.39 is 11.7 Å². The molecular formula is C29H31FN4O2. The molecule has 36 heavy (non-hydrogen) atoms. The summed E-state index contributed by atoms with van der Waals surface area (Å²) in [6, 6.07) is 13.6. The lowest BCUT2D eigenvalue weighted by atomic mass is 9.98. The van der Waals surface area contributed by atoms with E-state index in [0.717, 1.165) is 36.0 Å². The van der Waals surface area contributed by atoms with Gasteiger partial charge in [-0.15, -0.1) is 0 Å². The third-order valence-corrected chi connectivity index (χ3v) is 7.65. The number of aromatic nitrogens is 2. The molecule has 6 rings (SSSR count). The van der Waals surface area contributed by atoms with E-state index in [0.29, 0.717) is 42.3 Å². The first-order valence-electron chi connectivity index (χ1n) is 12.7. The van der Waals surface area contributed by atoms with E-state index in [1.807, 2.05) is 24.3 Å². The molecule has 7 heteroatoms. The third kappa shape index (κ3) is 3.97. The second-order valence-electron chi connectivity index (χ2n) is 10.1. The Morgan fingerprint density at radius 1 is 1.28 bits per heavy atom. The zero-order valence-corrected chi connectivity index (χ0v) is 20.6. The Labute approximate surface area is 210 Å². The summed E-state index contributed by atoms with van der Waals surface area (Å²) in [5, 5.41) is 14.8. The molecule has 0 saturated heterocycles. The maximum atomic E-state index is 15.7. The van der Waals surface area contributed by atoms with Crippen LogP contribution >= 0.6 is 0 Å². The molecule has 1 aliphatic carbocycles. The number of anilines is 3. The van der Waals surface area contributed by atoms with E-state index in [-0.39, 0.29) is 5.82 Å². The maximum absolute atomic E-state index is 15.7. The van der Waals surface area contributed by atoms with Gasteiger partial charge < -0.3 is 25.0 Å². The van der Waals surface area contributed by atoms with Gasteiger partial charge in [0.05, 0.1) is 18.3 Å². The summed E-state index contributed by atoms with van der Waals surface area (Å²) in [7, 11) is 0. The van der Waals surface area contributed by atoms with Crippen molar-refractivity contribution in [3.8, 4) is 5.75 Å². The van der Waals surface area contributed by atoms with Crippen LogP contribution in [0, 0.1) is 5.82 Å². The SMILES string of the molecule is CCC1(C)CN(CCc2c[nH]c3ccccc23)c2c(F)cc(Nc3ccnc4c3CCC4O)cc2O1. The highest BCUT2D eigenvalue weighted by atomic mass is 19.1. The van der Waals surface area contributed by atoms with E-state index in [9.17, 15) is 5.11 Å². The first-order valence-corrected chi connectivity index (χ1v) is 12.7. The molecule has 2 unspecified atom stereocenters. The fraction of sp³-hybridized carbons (Fsp3) is 0.345. The van der Waals surface area contributed by atoms with E-state index in [4.69, 9.17) is 4.74 Å². The van der Waals surface area contributed by atoms with Gasteiger partial charge in [0, 0.05) is 47.3 Å². The van der Waals surface area contributed by atoms with Crippen LogP contribution in [0.4, 0.5) is 21.5 Å². The number of benzene rings is 2. The molecule has 2 aromatic heterocycles. The summed E-state index contributed by atoms with van der Waals surface area (Å²) >= 11 is 0. The highest BCUT2D eigenvalue weighted by molar-refractivity contribution is 5.83. The monoisotopic (exact) mass is 486 g/mol. The standard InChI is InChI=1S/C29H31FN4O2/c1-3-29(2)17-34(13-11-18-16-32-23-7-5-4-6-20(18)23)28-22(30)14-19(15-26(28)36-29)33-24-10-12-31-27-21(24)8-9-25(27)35/h4-7,10,12,14-16,25,32,35H,3,8-9,11,13,17H2,1-2H3,(H,31,33). The summed E-state index contributed by atoms with van der Waals surface area (Å²) in [5.41, 5.74) is 5.61. The number of aliphatic hydroxyl groups excluding tert-OH is 1. The Morgan fingerprint density at radius 3 is 3.00 bits per heavy atom. The summed E-state index contributed by atoms with van der Waals surface area (Å²) < 4.78 is 22.1. The zero-order chi connectivity index (χ0) is 24.9. The van der Waals surface area contributed by atoms with Crippen LogP contribution in [0.3, 0.4) is 0 Å². The Hall–Kier alpha value is -3.58. The van der Waals surface area contributed by atoms with E-state index in [2.05, 4.69) is 52.4 Å². The first kappa shape index (κ1) is 22.9. The molecule has 3 N–H and O–H groups in total. The van der Waals surface area contributed by atoms with Gasteiger partial charge in [-0.25, -0.2) is 4.39 Å². The Bertz CT molecular complexity index is 1430. The second kappa shape index (κ2) is 8.82. The van der Waals surface area contributed by atoms with Crippen molar-refractivity contribution in [3.63, 3.8) is 0 Å². The van der Waals surface area contributed by atoms with Crippen LogP contribution in [-0.4, -0.2) is 33.8 Å². The molecule has 6 nitrogen and oxygen atoms in total. The van der Waals surface area contributed by atoms with Crippen LogP contribution in [0.15, 0.2) is 54.9 Å². The fourth-order valence-electron chi connectivity index (χ4n) is 5.53. The minimum absolute atomic E-state index is 0.308. The summed E-state index contributed by atoms with van der Waals surface area (Å²) in [6.07, 6.45) is 6.20. The van der Waals surface area contributed by atoms with Gasteiger partial charge in [-0.1, -0.05) is 25.1 Å². The number of ether oxygens (including phenoxy) is 1. The van der Waals surface area contributed by atoms with Gasteiger partial charge in [0.15, 0.2) is 5.82 Å². The summed E-state index contributed by atoms with van der Waals surface area (Å²) in [6.45, 7) is 5.50. The van der Waals surface area contributed by atoms with Crippen LogP contribution in [-0.2, 0) is 12.8 Å². The van der Waals surface area contributed by atoms with Crippen LogP contribution in [0.25, 0.3) is 10.9 Å². The Balaban J connectivity index is 1.31. The zero-order valence-electron chi connectivity index (χ0n) is 20.6. The first-order chi connectivity index (χ1) is 17.4. The maximum Gasteiger partial charge on any atom is 0.152 e. The molecule has 2 aliphatic rings. The van der Waals surface area contributed by atoms with Crippen LogP contribution < -0.4 is 15.0 Å². The number of pyridine rings is 1. The van der Waals surface area contributed by atoms with E-state index in [1.165, 1.54) is 17.0 Å². The topological polar surface area (TPSA) is 73.4 Å². The quantitative estimate of drug-likeness (QED) is 0.310. The number of para-hydroxylation sites is 1. The van der Waals surface area contributed by atoms with Crippen molar-refractivity contribution < 1.29 is 14.2 Å². The number of fused-ring (bicyclic) bond motifs is 3. The number of nitrogens with zero attached hydrogens (tertiary/aromatic N) is 2. The van der Waals surface area contributed by atoms with Crippen LogP contribution in [0.5, 0.6) is 5.75 Å². The predicted molar refractivity (Wildman–Crippen MR) is 141 cm³/mol. The number of nitrogens with one attached hydrogen (secondary N) is 2. The molecule has 0 bridgehead atoms. The van der Waals surface area contributed by atoms with E-state index >= 15 is 4.39 Å². The largest absolute Gasteiger partial charge is 0.483 e. The number of halogens is 1. The van der Waals surface area contributed by atoms with Gasteiger partial charge in [-0.05, 0) is 61.9 Å². The lowest BCUT2D eigenvalue weighted by molar-refractivity contribution is 0.0802. The van der Waals surface area contributed by atoms with E-state index in [1.54, 1.807) is 6.20 Å². The number of hydrogen-bond acceptors (Lipinski definition) is 5. The Morgan fingerprint density at radius 2 is 2.14 bits per heavy atom. The Kier molecular flexibility index (Phi) is 5.60. The average Bonchev–Trinajstić information content (AvgIpc) is 3.46. The molecule has 0 fully saturated rings. The number of aromatic amines is 1. The second-order valence-corrected chi connectivity index (χ2v) is 10.1. The molecule has 2 atom stereocenters. The molecular weight excluding hydrogens is 455 g/mol. The number of aliphatic hydroxyl groups is 1. The highest BCUT2D eigenvalue weighted by Gasteiger charge is 2.36. The lowest BCUT2D eigenvalue weighted by Crippen LogP contribution is -2.49. The molecule has 4 aromatic rings. The van der Waals surface area contributed by atoms with Crippen molar-refractivity contribution in [1.82, 2.24) is 9.97 Å².